The number of benzene rings is 2. The molecule has 5 nitrogen and oxygen atoms in total. The van der Waals surface area contributed by atoms with Gasteiger partial charge >= 0.3 is 0 Å². The largest absolute Gasteiger partial charge is 0.378 e. The number of methoxy groups -OCH3 is 1. The molecule has 0 atom stereocenters. The Morgan fingerprint density at radius 2 is 1.73 bits per heavy atom. The van der Waals surface area contributed by atoms with E-state index in [9.17, 15) is 8.78 Å². The lowest BCUT2D eigenvalue weighted by Crippen LogP contribution is -2.52. The molecule has 2 aromatic heterocycles. The Morgan fingerprint density at radius 3 is 2.43 bits per heavy atom. The number of nitrogens with zero attached hydrogens (tertiary/aromatic N) is 4. The predicted octanol–water partition coefficient (Wildman–Crippen LogP) is 4.47. The van der Waals surface area contributed by atoms with Crippen LogP contribution in [0, 0.1) is 11.6 Å². The monoisotopic (exact) mass is 404 g/mol. The van der Waals surface area contributed by atoms with E-state index in [1.54, 1.807) is 19.5 Å². The van der Waals surface area contributed by atoms with Crippen molar-refractivity contribution >= 4 is 16.7 Å². The van der Waals surface area contributed by atoms with Crippen LogP contribution in [0.25, 0.3) is 33.4 Å². The smallest absolute Gasteiger partial charge is 0.163 e. The average Bonchev–Trinajstić information content (AvgIpc) is 2.72. The molecule has 150 valence electrons. The van der Waals surface area contributed by atoms with Crippen molar-refractivity contribution in [1.82, 2.24) is 15.0 Å². The molecule has 1 aliphatic rings. The van der Waals surface area contributed by atoms with Crippen molar-refractivity contribution in [2.75, 3.05) is 25.1 Å². The lowest BCUT2D eigenvalue weighted by Gasteiger charge is -2.39. The van der Waals surface area contributed by atoms with Crippen LogP contribution in [0.3, 0.4) is 0 Å². The van der Waals surface area contributed by atoms with E-state index in [2.05, 4.69) is 9.88 Å². The summed E-state index contributed by atoms with van der Waals surface area (Å²) < 4.78 is 32.9. The quantitative estimate of drug-likeness (QED) is 0.502. The second kappa shape index (κ2) is 7.42. The number of rotatable bonds is 4. The zero-order valence-electron chi connectivity index (χ0n) is 16.2. The zero-order valence-corrected chi connectivity index (χ0v) is 16.2. The first-order chi connectivity index (χ1) is 14.6. The van der Waals surface area contributed by atoms with Crippen LogP contribution in [-0.2, 0) is 4.74 Å². The molecule has 0 bridgehead atoms. The number of anilines is 1. The minimum Gasteiger partial charge on any atom is -0.378 e. The highest BCUT2D eigenvalue weighted by molar-refractivity contribution is 5.94. The number of hydrogen-bond donors (Lipinski definition) is 0. The molecule has 0 unspecified atom stereocenters. The Hall–Kier alpha value is -3.45. The van der Waals surface area contributed by atoms with Gasteiger partial charge in [-0.05, 0) is 47.5 Å². The van der Waals surface area contributed by atoms with Gasteiger partial charge in [-0.25, -0.2) is 18.7 Å². The number of halogens is 2. The van der Waals surface area contributed by atoms with Gasteiger partial charge in [0.05, 0.1) is 11.6 Å². The van der Waals surface area contributed by atoms with Gasteiger partial charge in [-0.3, -0.25) is 4.98 Å². The van der Waals surface area contributed by atoms with Gasteiger partial charge in [0.1, 0.15) is 17.5 Å². The highest BCUT2D eigenvalue weighted by Crippen LogP contribution is 2.34. The van der Waals surface area contributed by atoms with Crippen LogP contribution < -0.4 is 4.90 Å². The van der Waals surface area contributed by atoms with Crippen LogP contribution in [0.5, 0.6) is 0 Å². The summed E-state index contributed by atoms with van der Waals surface area (Å²) in [7, 11) is 1.69. The number of aromatic nitrogens is 3. The third kappa shape index (κ3) is 3.37. The van der Waals surface area contributed by atoms with E-state index in [1.165, 1.54) is 12.1 Å². The molecule has 0 aliphatic carbocycles. The molecular weight excluding hydrogens is 386 g/mol. The molecule has 0 spiro atoms. The maximum Gasteiger partial charge on any atom is 0.163 e. The summed E-state index contributed by atoms with van der Waals surface area (Å²) in [5.74, 6) is 0.125. The Labute approximate surface area is 172 Å². The Morgan fingerprint density at radius 1 is 0.933 bits per heavy atom. The molecule has 0 N–H and O–H groups in total. The van der Waals surface area contributed by atoms with Crippen LogP contribution in [-0.4, -0.2) is 41.3 Å². The van der Waals surface area contributed by atoms with Crippen molar-refractivity contribution in [3.63, 3.8) is 0 Å². The Kier molecular flexibility index (Phi) is 4.59. The zero-order chi connectivity index (χ0) is 20.7. The van der Waals surface area contributed by atoms with E-state index >= 15 is 0 Å². The van der Waals surface area contributed by atoms with Crippen molar-refractivity contribution in [1.29, 1.82) is 0 Å². The Bertz CT molecular complexity index is 1210. The SMILES string of the molecule is COC1CN(c2nc(-c3cccnc3)nc3ccc(-c4cc(F)cc(F)c4)cc23)C1. The molecular formula is C23H18F2N4O. The first kappa shape index (κ1) is 18.6. The van der Waals surface area contributed by atoms with Gasteiger partial charge in [-0.15, -0.1) is 0 Å². The predicted molar refractivity (Wildman–Crippen MR) is 111 cm³/mol. The van der Waals surface area contributed by atoms with Crippen molar-refractivity contribution < 1.29 is 13.5 Å². The third-order valence-corrected chi connectivity index (χ3v) is 5.27. The molecule has 1 aliphatic heterocycles. The molecule has 5 rings (SSSR count). The van der Waals surface area contributed by atoms with Crippen molar-refractivity contribution in [3.05, 3.63) is 72.6 Å². The van der Waals surface area contributed by atoms with E-state index in [0.29, 0.717) is 30.0 Å². The van der Waals surface area contributed by atoms with E-state index in [0.717, 1.165) is 28.4 Å². The van der Waals surface area contributed by atoms with Gasteiger partial charge in [0, 0.05) is 49.6 Å². The van der Waals surface area contributed by atoms with Crippen LogP contribution >= 0.6 is 0 Å². The van der Waals surface area contributed by atoms with E-state index in [-0.39, 0.29) is 6.10 Å². The topological polar surface area (TPSA) is 51.1 Å². The second-order valence-electron chi connectivity index (χ2n) is 7.27. The molecule has 2 aromatic carbocycles. The minimum absolute atomic E-state index is 0.150. The summed E-state index contributed by atoms with van der Waals surface area (Å²) in [5, 5.41) is 0.819. The summed E-state index contributed by atoms with van der Waals surface area (Å²) in [4.78, 5) is 15.8. The fourth-order valence-electron chi connectivity index (χ4n) is 3.64. The van der Waals surface area contributed by atoms with Gasteiger partial charge in [-0.1, -0.05) is 6.07 Å². The number of ether oxygens (including phenoxy) is 1. The fraction of sp³-hybridized carbons (Fsp3) is 0.174. The summed E-state index contributed by atoms with van der Waals surface area (Å²) in [6.45, 7) is 1.43. The second-order valence-corrected chi connectivity index (χ2v) is 7.27. The van der Waals surface area contributed by atoms with Gasteiger partial charge in [0.25, 0.3) is 0 Å². The molecule has 1 fully saturated rings. The number of hydrogen-bond acceptors (Lipinski definition) is 5. The molecule has 4 aromatic rings. The van der Waals surface area contributed by atoms with Gasteiger partial charge < -0.3 is 9.64 Å². The highest BCUT2D eigenvalue weighted by atomic mass is 19.1. The first-order valence-corrected chi connectivity index (χ1v) is 9.57. The van der Waals surface area contributed by atoms with Crippen LogP contribution in [0.2, 0.25) is 0 Å². The summed E-state index contributed by atoms with van der Waals surface area (Å²) in [6.07, 6.45) is 3.58. The lowest BCUT2D eigenvalue weighted by molar-refractivity contribution is 0.0785. The average molecular weight is 404 g/mol. The van der Waals surface area contributed by atoms with Gasteiger partial charge in [0.2, 0.25) is 0 Å². The molecule has 0 saturated carbocycles. The molecule has 3 heterocycles. The van der Waals surface area contributed by atoms with E-state index in [4.69, 9.17) is 14.7 Å². The van der Waals surface area contributed by atoms with Crippen LogP contribution in [0.15, 0.2) is 60.9 Å². The number of pyridine rings is 1. The van der Waals surface area contributed by atoms with Crippen molar-refractivity contribution in [2.24, 2.45) is 0 Å². The standard InChI is InChI=1S/C23H18F2N4O/c1-30-19-12-29(13-19)23-20-9-14(16-7-17(24)10-18(25)8-16)4-5-21(20)27-22(28-23)15-3-2-6-26-11-15/h2-11,19H,12-13H2,1H3. The summed E-state index contributed by atoms with van der Waals surface area (Å²) in [6, 6.07) is 12.8. The van der Waals surface area contributed by atoms with Crippen molar-refractivity contribution in [3.8, 4) is 22.5 Å². The fourth-order valence-corrected chi connectivity index (χ4v) is 3.64. The lowest BCUT2D eigenvalue weighted by atomic mass is 10.0. The maximum absolute atomic E-state index is 13.7. The highest BCUT2D eigenvalue weighted by Gasteiger charge is 2.29. The number of fused-ring (bicyclic) bond motifs is 1. The minimum atomic E-state index is -0.612. The summed E-state index contributed by atoms with van der Waals surface area (Å²) in [5.41, 5.74) is 2.74. The van der Waals surface area contributed by atoms with E-state index in [1.807, 2.05) is 30.3 Å². The molecule has 0 radical (unpaired) electrons. The summed E-state index contributed by atoms with van der Waals surface area (Å²) >= 11 is 0. The van der Waals surface area contributed by atoms with Crippen LogP contribution in [0.1, 0.15) is 0 Å². The third-order valence-electron chi connectivity index (χ3n) is 5.27. The molecule has 0 amide bonds. The molecule has 1 saturated heterocycles. The molecule has 7 heteroatoms. The van der Waals surface area contributed by atoms with Gasteiger partial charge in [-0.2, -0.15) is 0 Å². The van der Waals surface area contributed by atoms with Crippen molar-refractivity contribution in [2.45, 2.75) is 6.10 Å². The normalized spacial score (nSPS) is 14.2. The van der Waals surface area contributed by atoms with Gasteiger partial charge in [0.15, 0.2) is 5.82 Å². The molecule has 30 heavy (non-hydrogen) atoms. The Balaban J connectivity index is 1.66. The van der Waals surface area contributed by atoms with Crippen LogP contribution in [0.4, 0.5) is 14.6 Å². The van der Waals surface area contributed by atoms with E-state index < -0.39 is 11.6 Å². The first-order valence-electron chi connectivity index (χ1n) is 9.57. The maximum atomic E-state index is 13.7.